The van der Waals surface area contributed by atoms with E-state index in [0.717, 1.165) is 32.1 Å². The Kier molecular flexibility index (Phi) is 2.73. The largest absolute Gasteiger partial charge is 0.392 e. The summed E-state index contributed by atoms with van der Waals surface area (Å²) in [4.78, 5) is 0. The van der Waals surface area contributed by atoms with E-state index < -0.39 is 5.60 Å². The van der Waals surface area contributed by atoms with E-state index in [1.54, 1.807) is 7.11 Å². The van der Waals surface area contributed by atoms with E-state index in [1.165, 1.54) is 0 Å². The van der Waals surface area contributed by atoms with Gasteiger partial charge in [-0.05, 0) is 37.0 Å². The summed E-state index contributed by atoms with van der Waals surface area (Å²) in [5.41, 5.74) is -1.34. The van der Waals surface area contributed by atoms with Crippen molar-refractivity contribution in [2.24, 2.45) is 22.2 Å². The minimum absolute atomic E-state index is 0.0611. The molecule has 2 bridgehead atoms. The molecule has 19 heavy (non-hydrogen) atoms. The van der Waals surface area contributed by atoms with Crippen LogP contribution in [0.15, 0.2) is 0 Å². The third kappa shape index (κ3) is 1.18. The molecule has 0 radical (unpaired) electrons. The quantitative estimate of drug-likeness (QED) is 0.808. The van der Waals surface area contributed by atoms with Crippen LogP contribution < -0.4 is 0 Å². The van der Waals surface area contributed by atoms with Crippen LogP contribution in [0.3, 0.4) is 0 Å². The van der Waals surface area contributed by atoms with Crippen LogP contribution in [0.5, 0.6) is 0 Å². The maximum Gasteiger partial charge on any atom is 0.102 e. The highest BCUT2D eigenvalue weighted by Crippen LogP contribution is 2.79. The predicted octanol–water partition coefficient (Wildman–Crippen LogP) is 2.35. The fourth-order valence-corrected chi connectivity index (χ4v) is 6.35. The highest BCUT2D eigenvalue weighted by molar-refractivity contribution is 5.29. The lowest BCUT2D eigenvalue weighted by Gasteiger charge is -2.53. The second-order valence-electron chi connectivity index (χ2n) is 7.89. The van der Waals surface area contributed by atoms with Crippen LogP contribution in [0.1, 0.15) is 52.9 Å². The van der Waals surface area contributed by atoms with E-state index in [2.05, 4.69) is 20.8 Å². The first kappa shape index (κ1) is 13.8. The minimum Gasteiger partial charge on any atom is -0.392 e. The molecular weight excluding hydrogens is 240 g/mol. The Morgan fingerprint density at radius 1 is 1.16 bits per heavy atom. The van der Waals surface area contributed by atoms with Gasteiger partial charge in [0, 0.05) is 17.9 Å². The normalized spacial score (nSPS) is 55.3. The van der Waals surface area contributed by atoms with Crippen LogP contribution in [0.25, 0.3) is 0 Å². The van der Waals surface area contributed by atoms with Crippen molar-refractivity contribution in [3.05, 3.63) is 0 Å². The van der Waals surface area contributed by atoms with Crippen molar-refractivity contribution >= 4 is 0 Å². The van der Waals surface area contributed by atoms with E-state index >= 15 is 0 Å². The molecule has 110 valence electrons. The molecule has 0 aromatic heterocycles. The van der Waals surface area contributed by atoms with Crippen molar-refractivity contribution in [3.63, 3.8) is 0 Å². The fourth-order valence-electron chi connectivity index (χ4n) is 6.35. The SMILES string of the molecule is COC[C@@]1(O)[C@]2(CCC[C@H]2O)[C@@H]2CC[C@@]1(C)C2(C)C. The first-order valence-corrected chi connectivity index (χ1v) is 7.67. The number of aliphatic hydroxyl groups is 2. The monoisotopic (exact) mass is 268 g/mol. The van der Waals surface area contributed by atoms with E-state index in [9.17, 15) is 10.2 Å². The smallest absolute Gasteiger partial charge is 0.102 e. The van der Waals surface area contributed by atoms with E-state index in [0.29, 0.717) is 12.5 Å². The molecule has 1 spiro atoms. The summed E-state index contributed by atoms with van der Waals surface area (Å²) in [5.74, 6) is 0.405. The van der Waals surface area contributed by atoms with Crippen molar-refractivity contribution in [2.75, 3.05) is 13.7 Å². The van der Waals surface area contributed by atoms with Gasteiger partial charge in [-0.2, -0.15) is 0 Å². The molecule has 0 unspecified atom stereocenters. The Morgan fingerprint density at radius 3 is 2.37 bits per heavy atom. The number of hydrogen-bond acceptors (Lipinski definition) is 3. The molecule has 3 nitrogen and oxygen atoms in total. The third-order valence-electron chi connectivity index (χ3n) is 7.55. The van der Waals surface area contributed by atoms with Gasteiger partial charge in [0.15, 0.2) is 0 Å². The van der Waals surface area contributed by atoms with Crippen LogP contribution in [0, 0.1) is 22.2 Å². The van der Waals surface area contributed by atoms with Crippen LogP contribution in [-0.2, 0) is 4.74 Å². The molecule has 0 amide bonds. The van der Waals surface area contributed by atoms with Gasteiger partial charge in [0.2, 0.25) is 0 Å². The Morgan fingerprint density at radius 2 is 1.84 bits per heavy atom. The van der Waals surface area contributed by atoms with Crippen molar-refractivity contribution < 1.29 is 14.9 Å². The number of hydrogen-bond donors (Lipinski definition) is 2. The molecule has 3 fully saturated rings. The average Bonchev–Trinajstić information content (AvgIpc) is 2.83. The van der Waals surface area contributed by atoms with Crippen LogP contribution >= 0.6 is 0 Å². The number of rotatable bonds is 2. The van der Waals surface area contributed by atoms with Crippen molar-refractivity contribution in [1.82, 2.24) is 0 Å². The first-order chi connectivity index (χ1) is 8.78. The summed E-state index contributed by atoms with van der Waals surface area (Å²) in [6.07, 6.45) is 4.59. The molecule has 0 saturated heterocycles. The number of methoxy groups -OCH3 is 1. The zero-order valence-corrected chi connectivity index (χ0v) is 12.7. The number of ether oxygens (including phenoxy) is 1. The van der Waals surface area contributed by atoms with Gasteiger partial charge < -0.3 is 14.9 Å². The summed E-state index contributed by atoms with van der Waals surface area (Å²) >= 11 is 0. The zero-order valence-electron chi connectivity index (χ0n) is 12.7. The number of fused-ring (bicyclic) bond motifs is 3. The highest BCUT2D eigenvalue weighted by atomic mass is 16.5. The summed E-state index contributed by atoms with van der Waals surface area (Å²) in [6, 6.07) is 0. The molecule has 0 aromatic carbocycles. The van der Waals surface area contributed by atoms with Crippen LogP contribution in [0.2, 0.25) is 0 Å². The third-order valence-corrected chi connectivity index (χ3v) is 7.55. The lowest BCUT2D eigenvalue weighted by atomic mass is 9.57. The van der Waals surface area contributed by atoms with Gasteiger partial charge in [-0.25, -0.2) is 0 Å². The number of aliphatic hydroxyl groups excluding tert-OH is 1. The molecular formula is C16H28O3. The molecule has 0 aromatic rings. The van der Waals surface area contributed by atoms with Gasteiger partial charge in [-0.1, -0.05) is 27.2 Å². The Balaban J connectivity index is 2.19. The maximum absolute atomic E-state index is 11.6. The first-order valence-electron chi connectivity index (χ1n) is 7.67. The lowest BCUT2D eigenvalue weighted by molar-refractivity contribution is -0.214. The predicted molar refractivity (Wildman–Crippen MR) is 73.7 cm³/mol. The maximum atomic E-state index is 11.6. The molecule has 2 N–H and O–H groups in total. The van der Waals surface area contributed by atoms with Crippen LogP contribution in [-0.4, -0.2) is 35.6 Å². The molecule has 3 heteroatoms. The van der Waals surface area contributed by atoms with Gasteiger partial charge >= 0.3 is 0 Å². The summed E-state index contributed by atoms with van der Waals surface area (Å²) in [6.45, 7) is 7.13. The van der Waals surface area contributed by atoms with Crippen molar-refractivity contribution in [1.29, 1.82) is 0 Å². The van der Waals surface area contributed by atoms with Gasteiger partial charge in [-0.3, -0.25) is 0 Å². The Bertz CT molecular complexity index is 393. The van der Waals surface area contributed by atoms with E-state index in [-0.39, 0.29) is 22.3 Å². The highest BCUT2D eigenvalue weighted by Gasteiger charge is 2.81. The van der Waals surface area contributed by atoms with Gasteiger partial charge in [0.05, 0.1) is 12.7 Å². The molecule has 0 heterocycles. The average molecular weight is 268 g/mol. The molecule has 3 aliphatic carbocycles. The zero-order chi connectivity index (χ0) is 14.1. The topological polar surface area (TPSA) is 49.7 Å². The molecule has 3 rings (SSSR count). The minimum atomic E-state index is -0.892. The second kappa shape index (κ2) is 3.75. The van der Waals surface area contributed by atoms with Crippen molar-refractivity contribution in [2.45, 2.75) is 64.6 Å². The summed E-state index contributed by atoms with van der Waals surface area (Å²) < 4.78 is 5.41. The van der Waals surface area contributed by atoms with Gasteiger partial charge in [-0.15, -0.1) is 0 Å². The van der Waals surface area contributed by atoms with E-state index in [1.807, 2.05) is 0 Å². The Hall–Kier alpha value is -0.120. The molecule has 0 aliphatic heterocycles. The Labute approximate surface area is 116 Å². The van der Waals surface area contributed by atoms with Crippen LogP contribution in [0.4, 0.5) is 0 Å². The van der Waals surface area contributed by atoms with E-state index in [4.69, 9.17) is 4.74 Å². The summed E-state index contributed by atoms with van der Waals surface area (Å²) in [5, 5.41) is 22.3. The van der Waals surface area contributed by atoms with Gasteiger partial charge in [0.25, 0.3) is 0 Å². The lowest BCUT2D eigenvalue weighted by Crippen LogP contribution is -2.62. The molecule has 3 saturated carbocycles. The molecule has 5 atom stereocenters. The van der Waals surface area contributed by atoms with Crippen molar-refractivity contribution in [3.8, 4) is 0 Å². The fraction of sp³-hybridized carbons (Fsp3) is 1.00. The second-order valence-corrected chi connectivity index (χ2v) is 7.89. The molecule has 3 aliphatic rings. The standard InChI is InChI=1S/C16H28O3/c1-13(2)11-7-9-14(13,3)16(18,10-19-4)15(11)8-5-6-12(15)17/h11-12,17-18H,5-10H2,1-4H3/t11-,12-,14+,15-,16+/m1/s1. The summed E-state index contributed by atoms with van der Waals surface area (Å²) in [7, 11) is 1.66. The van der Waals surface area contributed by atoms with Gasteiger partial charge in [0.1, 0.15) is 5.60 Å².